The highest BCUT2D eigenvalue weighted by molar-refractivity contribution is 5.78. The molecular weight excluding hydrogens is 266 g/mol. The van der Waals surface area contributed by atoms with Crippen LogP contribution in [0.15, 0.2) is 12.3 Å². The topological polar surface area (TPSA) is 55.2 Å². The second-order valence-electron chi connectivity index (χ2n) is 5.81. The lowest BCUT2D eigenvalue weighted by molar-refractivity contribution is -0.0182. The molecule has 1 fully saturated rings. The van der Waals surface area contributed by atoms with Gasteiger partial charge in [0.25, 0.3) is 0 Å². The molecule has 1 aliphatic heterocycles. The van der Waals surface area contributed by atoms with E-state index in [4.69, 9.17) is 4.74 Å². The SMILES string of the molecule is Cc1nn(C)c2ncc(CNCC3CN(C)CCO3)cc12. The minimum atomic E-state index is 0.278. The van der Waals surface area contributed by atoms with E-state index in [2.05, 4.69) is 33.4 Å². The van der Waals surface area contributed by atoms with Crippen molar-refractivity contribution < 1.29 is 4.74 Å². The summed E-state index contributed by atoms with van der Waals surface area (Å²) in [6.07, 6.45) is 2.20. The zero-order chi connectivity index (χ0) is 14.8. The Bertz CT molecular complexity index is 624. The van der Waals surface area contributed by atoms with Gasteiger partial charge in [-0.1, -0.05) is 0 Å². The van der Waals surface area contributed by atoms with Crippen molar-refractivity contribution in [3.63, 3.8) is 0 Å². The first-order chi connectivity index (χ1) is 10.1. The summed E-state index contributed by atoms with van der Waals surface area (Å²) in [7, 11) is 4.07. The number of aromatic nitrogens is 3. The van der Waals surface area contributed by atoms with Crippen LogP contribution in [0.4, 0.5) is 0 Å². The van der Waals surface area contributed by atoms with Crippen molar-refractivity contribution >= 4 is 11.0 Å². The molecule has 1 N–H and O–H groups in total. The van der Waals surface area contributed by atoms with Gasteiger partial charge in [-0.15, -0.1) is 0 Å². The van der Waals surface area contributed by atoms with Crippen molar-refractivity contribution in [2.45, 2.75) is 19.6 Å². The van der Waals surface area contributed by atoms with Crippen LogP contribution in [0.25, 0.3) is 11.0 Å². The van der Waals surface area contributed by atoms with E-state index < -0.39 is 0 Å². The van der Waals surface area contributed by atoms with Crippen LogP contribution < -0.4 is 5.32 Å². The van der Waals surface area contributed by atoms with Crippen LogP contribution in [0.5, 0.6) is 0 Å². The van der Waals surface area contributed by atoms with E-state index in [0.717, 1.165) is 49.5 Å². The molecule has 1 saturated heterocycles. The Labute approximate surface area is 125 Å². The van der Waals surface area contributed by atoms with E-state index in [9.17, 15) is 0 Å². The van der Waals surface area contributed by atoms with E-state index in [1.54, 1.807) is 0 Å². The largest absolute Gasteiger partial charge is 0.374 e. The van der Waals surface area contributed by atoms with Gasteiger partial charge in [0.15, 0.2) is 5.65 Å². The third-order valence-electron chi connectivity index (χ3n) is 3.96. The second-order valence-corrected chi connectivity index (χ2v) is 5.81. The predicted octanol–water partition coefficient (Wildman–Crippen LogP) is 0.697. The summed E-state index contributed by atoms with van der Waals surface area (Å²) >= 11 is 0. The number of likely N-dealkylation sites (N-methyl/N-ethyl adjacent to an activating group) is 1. The van der Waals surface area contributed by atoms with E-state index >= 15 is 0 Å². The quantitative estimate of drug-likeness (QED) is 0.898. The smallest absolute Gasteiger partial charge is 0.157 e. The molecule has 6 heteroatoms. The molecule has 0 aromatic carbocycles. The summed E-state index contributed by atoms with van der Waals surface area (Å²) in [5.41, 5.74) is 3.15. The molecule has 3 heterocycles. The Morgan fingerprint density at radius 3 is 3.10 bits per heavy atom. The second kappa shape index (κ2) is 6.09. The molecule has 6 nitrogen and oxygen atoms in total. The van der Waals surface area contributed by atoms with Crippen molar-refractivity contribution in [3.05, 3.63) is 23.5 Å². The maximum Gasteiger partial charge on any atom is 0.157 e. The van der Waals surface area contributed by atoms with Crippen molar-refractivity contribution in [3.8, 4) is 0 Å². The summed E-state index contributed by atoms with van der Waals surface area (Å²) in [5, 5.41) is 9.00. The maximum atomic E-state index is 5.75. The number of morpholine rings is 1. The summed E-state index contributed by atoms with van der Waals surface area (Å²) in [6, 6.07) is 2.17. The molecule has 0 aliphatic carbocycles. The van der Waals surface area contributed by atoms with Gasteiger partial charge in [0, 0.05) is 44.8 Å². The standard InChI is InChI=1S/C15H23N5O/c1-11-14-6-12(8-17-15(14)20(3)18-11)7-16-9-13-10-19(2)4-5-21-13/h6,8,13,16H,4-5,7,9-10H2,1-3H3. The van der Waals surface area contributed by atoms with Gasteiger partial charge in [-0.2, -0.15) is 5.10 Å². The summed E-state index contributed by atoms with van der Waals surface area (Å²) in [5.74, 6) is 0. The number of nitrogens with one attached hydrogen (secondary N) is 1. The molecule has 0 radical (unpaired) electrons. The average molecular weight is 289 g/mol. The molecule has 2 aromatic rings. The molecule has 2 aromatic heterocycles. The van der Waals surface area contributed by atoms with Gasteiger partial charge in [-0.25, -0.2) is 4.98 Å². The number of rotatable bonds is 4. The summed E-state index contributed by atoms with van der Waals surface area (Å²) < 4.78 is 7.57. The molecule has 0 saturated carbocycles. The Balaban J connectivity index is 1.59. The lowest BCUT2D eigenvalue weighted by atomic mass is 10.2. The minimum absolute atomic E-state index is 0.278. The average Bonchev–Trinajstić information content (AvgIpc) is 2.74. The van der Waals surface area contributed by atoms with Crippen LogP contribution in [0.1, 0.15) is 11.3 Å². The van der Waals surface area contributed by atoms with Gasteiger partial charge < -0.3 is 15.0 Å². The highest BCUT2D eigenvalue weighted by Gasteiger charge is 2.17. The molecular formula is C15H23N5O. The molecule has 3 rings (SSSR count). The van der Waals surface area contributed by atoms with Crippen molar-refractivity contribution in [2.24, 2.45) is 7.05 Å². The van der Waals surface area contributed by atoms with Crippen LogP contribution in [0, 0.1) is 6.92 Å². The molecule has 1 unspecified atom stereocenters. The van der Waals surface area contributed by atoms with E-state index in [0.29, 0.717) is 0 Å². The Hall–Kier alpha value is -1.50. The first-order valence-corrected chi connectivity index (χ1v) is 7.42. The number of nitrogens with zero attached hydrogens (tertiary/aromatic N) is 4. The third-order valence-corrected chi connectivity index (χ3v) is 3.96. The molecule has 0 amide bonds. The Morgan fingerprint density at radius 2 is 2.29 bits per heavy atom. The van der Waals surface area contributed by atoms with Gasteiger partial charge in [0.05, 0.1) is 18.4 Å². The van der Waals surface area contributed by atoms with Crippen LogP contribution in [0.2, 0.25) is 0 Å². The van der Waals surface area contributed by atoms with E-state index in [1.165, 1.54) is 5.56 Å². The Morgan fingerprint density at radius 1 is 1.43 bits per heavy atom. The van der Waals surface area contributed by atoms with Gasteiger partial charge in [0.1, 0.15) is 0 Å². The van der Waals surface area contributed by atoms with Crippen LogP contribution >= 0.6 is 0 Å². The molecule has 1 atom stereocenters. The van der Waals surface area contributed by atoms with Crippen molar-refractivity contribution in [2.75, 3.05) is 33.3 Å². The number of hydrogen-bond donors (Lipinski definition) is 1. The number of aryl methyl sites for hydroxylation is 2. The lowest BCUT2D eigenvalue weighted by Gasteiger charge is -2.30. The first kappa shape index (κ1) is 14.4. The van der Waals surface area contributed by atoms with E-state index in [1.807, 2.05) is 24.9 Å². The molecule has 114 valence electrons. The number of pyridine rings is 1. The predicted molar refractivity (Wildman–Crippen MR) is 82.2 cm³/mol. The Kier molecular flexibility index (Phi) is 4.19. The van der Waals surface area contributed by atoms with Gasteiger partial charge in [-0.05, 0) is 25.6 Å². The monoisotopic (exact) mass is 289 g/mol. The van der Waals surface area contributed by atoms with Crippen molar-refractivity contribution in [1.82, 2.24) is 25.0 Å². The highest BCUT2D eigenvalue weighted by Crippen LogP contribution is 2.16. The van der Waals surface area contributed by atoms with Crippen molar-refractivity contribution in [1.29, 1.82) is 0 Å². The fourth-order valence-electron chi connectivity index (χ4n) is 2.82. The first-order valence-electron chi connectivity index (χ1n) is 7.42. The fraction of sp³-hybridized carbons (Fsp3) is 0.600. The zero-order valence-electron chi connectivity index (χ0n) is 13.0. The molecule has 0 bridgehead atoms. The van der Waals surface area contributed by atoms with E-state index in [-0.39, 0.29) is 6.10 Å². The third kappa shape index (κ3) is 3.23. The molecule has 21 heavy (non-hydrogen) atoms. The van der Waals surface area contributed by atoms with Crippen LogP contribution in [-0.4, -0.2) is 59.1 Å². The van der Waals surface area contributed by atoms with Gasteiger partial charge >= 0.3 is 0 Å². The maximum absolute atomic E-state index is 5.75. The zero-order valence-corrected chi connectivity index (χ0v) is 13.0. The number of fused-ring (bicyclic) bond motifs is 1. The summed E-state index contributed by atoms with van der Waals surface area (Å²) in [6.45, 7) is 6.54. The van der Waals surface area contributed by atoms with Crippen LogP contribution in [0.3, 0.4) is 0 Å². The highest BCUT2D eigenvalue weighted by atomic mass is 16.5. The molecule has 0 spiro atoms. The normalized spacial score (nSPS) is 20.2. The van der Waals surface area contributed by atoms with Gasteiger partial charge in [-0.3, -0.25) is 4.68 Å². The minimum Gasteiger partial charge on any atom is -0.374 e. The number of ether oxygens (including phenoxy) is 1. The number of hydrogen-bond acceptors (Lipinski definition) is 5. The fourth-order valence-corrected chi connectivity index (χ4v) is 2.82. The lowest BCUT2D eigenvalue weighted by Crippen LogP contribution is -2.44. The van der Waals surface area contributed by atoms with Crippen LogP contribution in [-0.2, 0) is 18.3 Å². The molecule has 1 aliphatic rings. The van der Waals surface area contributed by atoms with Gasteiger partial charge in [0.2, 0.25) is 0 Å². The summed E-state index contributed by atoms with van der Waals surface area (Å²) in [4.78, 5) is 6.81.